The summed E-state index contributed by atoms with van der Waals surface area (Å²) in [6.45, 7) is 4.01. The van der Waals surface area contributed by atoms with Crippen LogP contribution in [-0.2, 0) is 10.0 Å². The van der Waals surface area contributed by atoms with Crippen LogP contribution in [-0.4, -0.2) is 50.3 Å². The second-order valence-electron chi connectivity index (χ2n) is 8.34. The number of aryl methyl sites for hydroxylation is 2. The fraction of sp³-hybridized carbons (Fsp3) is 0.364. The highest BCUT2D eigenvalue weighted by Crippen LogP contribution is 2.33. The van der Waals surface area contributed by atoms with Crippen molar-refractivity contribution >= 4 is 15.7 Å². The van der Waals surface area contributed by atoms with Gasteiger partial charge in [0.1, 0.15) is 11.6 Å². The fourth-order valence-corrected chi connectivity index (χ4v) is 5.62. The van der Waals surface area contributed by atoms with E-state index in [1.165, 1.54) is 15.1 Å². The largest absolute Gasteiger partial charge is 0.419 e. The van der Waals surface area contributed by atoms with E-state index in [2.05, 4.69) is 20.3 Å². The van der Waals surface area contributed by atoms with Crippen LogP contribution < -0.4 is 5.56 Å². The van der Waals surface area contributed by atoms with Crippen LogP contribution in [0.1, 0.15) is 42.6 Å². The Labute approximate surface area is 190 Å². The van der Waals surface area contributed by atoms with Crippen molar-refractivity contribution in [3.63, 3.8) is 0 Å². The van der Waals surface area contributed by atoms with Crippen LogP contribution in [0, 0.1) is 13.8 Å². The number of benzene rings is 1. The van der Waals surface area contributed by atoms with Gasteiger partial charge in [0.2, 0.25) is 15.9 Å². The minimum Gasteiger partial charge on any atom is -0.419 e. The molecule has 0 radical (unpaired) electrons. The first-order valence-electron chi connectivity index (χ1n) is 10.7. The number of sulfonamides is 1. The first-order chi connectivity index (χ1) is 15.8. The summed E-state index contributed by atoms with van der Waals surface area (Å²) in [4.78, 5) is 18.1. The zero-order valence-corrected chi connectivity index (χ0v) is 19.4. The molecule has 172 valence electrons. The molecule has 3 aromatic heterocycles. The highest BCUT2D eigenvalue weighted by Gasteiger charge is 2.35. The van der Waals surface area contributed by atoms with E-state index in [1.54, 1.807) is 6.92 Å². The third-order valence-electron chi connectivity index (χ3n) is 6.02. The second-order valence-corrected chi connectivity index (χ2v) is 10.3. The third-order valence-corrected chi connectivity index (χ3v) is 7.31. The van der Waals surface area contributed by atoms with Crippen LogP contribution in [0.2, 0.25) is 0 Å². The van der Waals surface area contributed by atoms with E-state index in [4.69, 9.17) is 4.42 Å². The Bertz CT molecular complexity index is 1500. The lowest BCUT2D eigenvalue weighted by Gasteiger charge is -2.31. The molecule has 5 rings (SSSR count). The topological polar surface area (TPSA) is 126 Å². The summed E-state index contributed by atoms with van der Waals surface area (Å²) in [7, 11) is -3.43. The van der Waals surface area contributed by atoms with Gasteiger partial charge < -0.3 is 4.42 Å². The molecule has 0 aliphatic carbocycles. The smallest absolute Gasteiger partial charge is 0.285 e. The molecule has 1 fully saturated rings. The van der Waals surface area contributed by atoms with Crippen molar-refractivity contribution in [1.29, 1.82) is 0 Å². The predicted octanol–water partition coefficient (Wildman–Crippen LogP) is 2.84. The number of aromatic amines is 1. The maximum absolute atomic E-state index is 13.4. The van der Waals surface area contributed by atoms with Crippen molar-refractivity contribution in [2.75, 3.05) is 12.8 Å². The molecule has 1 aromatic carbocycles. The molecule has 0 bridgehead atoms. The molecule has 1 aliphatic heterocycles. The van der Waals surface area contributed by atoms with Crippen molar-refractivity contribution in [1.82, 2.24) is 29.1 Å². The highest BCUT2D eigenvalue weighted by molar-refractivity contribution is 7.88. The van der Waals surface area contributed by atoms with Crippen LogP contribution in [0.15, 0.2) is 39.5 Å². The standard InChI is InChI=1S/C22H24N6O4S/c1-13-18(21-25-24-20(32-21)16-11-7-8-12-27(16)33(3,30)31)22(29)28-19(23-13)17(14(2)26-28)15-9-5-4-6-10-15/h4-6,9-10,16,26H,7-8,11-12H2,1-3H3. The molecular formula is C22H24N6O4S. The van der Waals surface area contributed by atoms with Crippen molar-refractivity contribution in [2.24, 2.45) is 0 Å². The first-order valence-corrected chi connectivity index (χ1v) is 12.6. The average Bonchev–Trinajstić information content (AvgIpc) is 3.38. The number of H-pyrrole nitrogens is 1. The van der Waals surface area contributed by atoms with E-state index in [9.17, 15) is 13.2 Å². The molecular weight excluding hydrogens is 444 g/mol. The molecule has 1 atom stereocenters. The lowest BCUT2D eigenvalue weighted by atomic mass is 10.1. The normalized spacial score (nSPS) is 17.6. The summed E-state index contributed by atoms with van der Waals surface area (Å²) in [5.41, 5.74) is 3.40. The minimum atomic E-state index is -3.43. The number of hydrogen-bond acceptors (Lipinski definition) is 7. The number of nitrogens with one attached hydrogen (secondary N) is 1. The van der Waals surface area contributed by atoms with Crippen LogP contribution in [0.5, 0.6) is 0 Å². The highest BCUT2D eigenvalue weighted by atomic mass is 32.2. The molecule has 1 N–H and O–H groups in total. The molecule has 10 nitrogen and oxygen atoms in total. The van der Waals surface area contributed by atoms with E-state index in [-0.39, 0.29) is 22.9 Å². The summed E-state index contributed by atoms with van der Waals surface area (Å²) in [6, 6.07) is 9.19. The lowest BCUT2D eigenvalue weighted by molar-refractivity contribution is 0.221. The average molecular weight is 469 g/mol. The number of fused-ring (bicyclic) bond motifs is 1. The quantitative estimate of drug-likeness (QED) is 0.488. The van der Waals surface area contributed by atoms with E-state index in [0.29, 0.717) is 24.3 Å². The Morgan fingerprint density at radius 1 is 1.09 bits per heavy atom. The van der Waals surface area contributed by atoms with Crippen LogP contribution >= 0.6 is 0 Å². The van der Waals surface area contributed by atoms with Gasteiger partial charge in [-0.3, -0.25) is 9.89 Å². The molecule has 1 saturated heterocycles. The summed E-state index contributed by atoms with van der Waals surface area (Å²) in [5, 5.41) is 11.3. The molecule has 33 heavy (non-hydrogen) atoms. The SMILES string of the molecule is Cc1nc2c(-c3ccccc3)c(C)[nH]n2c(=O)c1-c1nnc(C2CCCCN2S(C)(=O)=O)o1. The summed E-state index contributed by atoms with van der Waals surface area (Å²) in [6.07, 6.45) is 3.39. The Kier molecular flexibility index (Phi) is 5.17. The Balaban J connectivity index is 1.61. The van der Waals surface area contributed by atoms with Gasteiger partial charge in [0.25, 0.3) is 11.4 Å². The summed E-state index contributed by atoms with van der Waals surface area (Å²) < 4.78 is 33.1. The predicted molar refractivity (Wildman–Crippen MR) is 122 cm³/mol. The van der Waals surface area contributed by atoms with Crippen LogP contribution in [0.4, 0.5) is 0 Å². The molecule has 4 aromatic rings. The Hall–Kier alpha value is -3.31. The molecule has 0 spiro atoms. The molecule has 11 heteroatoms. The Morgan fingerprint density at radius 2 is 1.85 bits per heavy atom. The number of rotatable bonds is 4. The third kappa shape index (κ3) is 3.66. The van der Waals surface area contributed by atoms with Gasteiger partial charge in [0, 0.05) is 17.8 Å². The monoisotopic (exact) mass is 468 g/mol. The number of piperidine rings is 1. The number of hydrogen-bond donors (Lipinski definition) is 1. The zero-order chi connectivity index (χ0) is 23.3. The van der Waals surface area contributed by atoms with Gasteiger partial charge >= 0.3 is 0 Å². The fourth-order valence-electron chi connectivity index (χ4n) is 4.51. The van der Waals surface area contributed by atoms with E-state index < -0.39 is 16.1 Å². The molecule has 4 heterocycles. The van der Waals surface area contributed by atoms with Crippen molar-refractivity contribution in [3.05, 3.63) is 58.0 Å². The lowest BCUT2D eigenvalue weighted by Crippen LogP contribution is -2.37. The van der Waals surface area contributed by atoms with Crippen molar-refractivity contribution in [2.45, 2.75) is 39.2 Å². The minimum absolute atomic E-state index is 0.0296. The van der Waals surface area contributed by atoms with Crippen molar-refractivity contribution < 1.29 is 12.8 Å². The van der Waals surface area contributed by atoms with Gasteiger partial charge in [-0.1, -0.05) is 36.8 Å². The maximum Gasteiger partial charge on any atom is 0.285 e. The van der Waals surface area contributed by atoms with E-state index >= 15 is 0 Å². The van der Waals surface area contributed by atoms with Gasteiger partial charge in [0.15, 0.2) is 5.65 Å². The van der Waals surface area contributed by atoms with Gasteiger partial charge in [0.05, 0.1) is 11.9 Å². The molecule has 1 unspecified atom stereocenters. The van der Waals surface area contributed by atoms with Gasteiger partial charge in [-0.05, 0) is 32.3 Å². The summed E-state index contributed by atoms with van der Waals surface area (Å²) in [5.74, 6) is 0.216. The number of nitrogens with zero attached hydrogens (tertiary/aromatic N) is 5. The molecule has 0 amide bonds. The van der Waals surface area contributed by atoms with E-state index in [0.717, 1.165) is 29.7 Å². The Morgan fingerprint density at radius 3 is 2.58 bits per heavy atom. The molecule has 1 aliphatic rings. The summed E-state index contributed by atoms with van der Waals surface area (Å²) >= 11 is 0. The van der Waals surface area contributed by atoms with Gasteiger partial charge in [-0.15, -0.1) is 10.2 Å². The molecule has 0 saturated carbocycles. The maximum atomic E-state index is 13.4. The second kappa shape index (κ2) is 7.92. The first kappa shape index (κ1) is 21.5. The van der Waals surface area contributed by atoms with Crippen LogP contribution in [0.3, 0.4) is 0 Å². The number of aromatic nitrogens is 5. The zero-order valence-electron chi connectivity index (χ0n) is 18.6. The van der Waals surface area contributed by atoms with Gasteiger partial charge in [-0.2, -0.15) is 4.31 Å². The van der Waals surface area contributed by atoms with Crippen molar-refractivity contribution in [3.8, 4) is 22.6 Å². The van der Waals surface area contributed by atoms with E-state index in [1.807, 2.05) is 37.3 Å². The van der Waals surface area contributed by atoms with Crippen LogP contribution in [0.25, 0.3) is 28.2 Å². The van der Waals surface area contributed by atoms with Gasteiger partial charge in [-0.25, -0.2) is 17.9 Å².